The van der Waals surface area contributed by atoms with Gasteiger partial charge in [0.2, 0.25) is 5.91 Å². The number of rotatable bonds is 11. The molecule has 1 heterocycles. The number of carbonyl (C=O) groups excluding carboxylic acids is 1. The molecule has 0 aromatic carbocycles. The van der Waals surface area contributed by atoms with Gasteiger partial charge in [-0.3, -0.25) is 4.79 Å². The molecule has 0 spiro atoms. The molecule has 0 bridgehead atoms. The van der Waals surface area contributed by atoms with Crippen LogP contribution in [0.1, 0.15) is 59.3 Å². The third-order valence-electron chi connectivity index (χ3n) is 4.90. The highest BCUT2D eigenvalue weighted by Crippen LogP contribution is 2.23. The molecule has 1 fully saturated rings. The van der Waals surface area contributed by atoms with Crippen LogP contribution < -0.4 is 5.32 Å². The first-order valence-corrected chi connectivity index (χ1v) is 9.62. The predicted molar refractivity (Wildman–Crippen MR) is 101 cm³/mol. The minimum atomic E-state index is 0.169. The highest BCUT2D eigenvalue weighted by atomic mass is 16.5. The Bertz CT molecular complexity index is 370. The fraction of sp³-hybridized carbons (Fsp3) is 0.850. The monoisotopic (exact) mass is 338 g/mol. The van der Waals surface area contributed by atoms with Gasteiger partial charge in [0, 0.05) is 26.6 Å². The fourth-order valence-electron chi connectivity index (χ4n) is 3.36. The molecule has 24 heavy (non-hydrogen) atoms. The topological polar surface area (TPSA) is 41.6 Å². The minimum Gasteiger partial charge on any atom is -0.383 e. The molecule has 1 N–H and O–H groups in total. The summed E-state index contributed by atoms with van der Waals surface area (Å²) < 4.78 is 4.94. The average Bonchev–Trinajstić information content (AvgIpc) is 2.54. The number of piperidine rings is 1. The van der Waals surface area contributed by atoms with Gasteiger partial charge in [-0.25, -0.2) is 0 Å². The van der Waals surface area contributed by atoms with Crippen molar-refractivity contribution in [1.82, 2.24) is 10.2 Å². The largest absolute Gasteiger partial charge is 0.383 e. The Morgan fingerprint density at radius 3 is 2.67 bits per heavy atom. The lowest BCUT2D eigenvalue weighted by Crippen LogP contribution is -2.37. The first kappa shape index (κ1) is 21.2. The van der Waals surface area contributed by atoms with E-state index < -0.39 is 0 Å². The summed E-state index contributed by atoms with van der Waals surface area (Å²) in [5.41, 5.74) is 1.43. The summed E-state index contributed by atoms with van der Waals surface area (Å²) in [5.74, 6) is 1.65. The van der Waals surface area contributed by atoms with Crippen molar-refractivity contribution in [3.05, 3.63) is 11.6 Å². The molecule has 0 radical (unpaired) electrons. The number of carbonyl (C=O) groups is 1. The number of nitrogens with zero attached hydrogens (tertiary/aromatic N) is 1. The summed E-state index contributed by atoms with van der Waals surface area (Å²) >= 11 is 0. The molecule has 0 aromatic heterocycles. The van der Waals surface area contributed by atoms with Crippen LogP contribution in [0.2, 0.25) is 0 Å². The molecule has 1 saturated heterocycles. The lowest BCUT2D eigenvalue weighted by atomic mass is 9.91. The van der Waals surface area contributed by atoms with E-state index in [1.165, 1.54) is 50.9 Å². The SMILES string of the molecule is COCCNC(=O)CCC1CCN(CC(C)CCC=C(C)C)CC1. The number of likely N-dealkylation sites (tertiary alicyclic amines) is 1. The fourth-order valence-corrected chi connectivity index (χ4v) is 3.36. The number of ether oxygens (including phenoxy) is 1. The molecule has 140 valence electrons. The van der Waals surface area contributed by atoms with Gasteiger partial charge >= 0.3 is 0 Å². The van der Waals surface area contributed by atoms with Gasteiger partial charge in [-0.15, -0.1) is 0 Å². The van der Waals surface area contributed by atoms with Crippen LogP contribution in [0, 0.1) is 11.8 Å². The van der Waals surface area contributed by atoms with Crippen molar-refractivity contribution in [2.24, 2.45) is 11.8 Å². The van der Waals surface area contributed by atoms with E-state index in [1.807, 2.05) is 0 Å². The molecule has 1 atom stereocenters. The van der Waals surface area contributed by atoms with E-state index in [4.69, 9.17) is 4.74 Å². The number of hydrogen-bond donors (Lipinski definition) is 1. The van der Waals surface area contributed by atoms with Crippen LogP contribution in [0.5, 0.6) is 0 Å². The number of amides is 1. The molecule has 1 amide bonds. The Kier molecular flexibility index (Phi) is 11.0. The van der Waals surface area contributed by atoms with E-state index in [9.17, 15) is 4.79 Å². The number of allylic oxidation sites excluding steroid dienone is 2. The van der Waals surface area contributed by atoms with Crippen LogP contribution in [-0.4, -0.2) is 50.7 Å². The number of hydrogen-bond acceptors (Lipinski definition) is 3. The first-order valence-electron chi connectivity index (χ1n) is 9.62. The summed E-state index contributed by atoms with van der Waals surface area (Å²) in [6.07, 6.45) is 9.01. The highest BCUT2D eigenvalue weighted by molar-refractivity contribution is 5.75. The van der Waals surface area contributed by atoms with Gasteiger partial charge in [0.05, 0.1) is 6.61 Å². The van der Waals surface area contributed by atoms with Gasteiger partial charge in [-0.05, 0) is 70.9 Å². The molecule has 1 aliphatic rings. The van der Waals surface area contributed by atoms with Crippen molar-refractivity contribution < 1.29 is 9.53 Å². The number of methoxy groups -OCH3 is 1. The van der Waals surface area contributed by atoms with Gasteiger partial charge in [0.1, 0.15) is 0 Å². The summed E-state index contributed by atoms with van der Waals surface area (Å²) in [7, 11) is 1.66. The summed E-state index contributed by atoms with van der Waals surface area (Å²) in [5, 5.41) is 2.91. The lowest BCUT2D eigenvalue weighted by Gasteiger charge is -2.33. The van der Waals surface area contributed by atoms with Crippen LogP contribution in [-0.2, 0) is 9.53 Å². The molecule has 4 nitrogen and oxygen atoms in total. The highest BCUT2D eigenvalue weighted by Gasteiger charge is 2.20. The van der Waals surface area contributed by atoms with Gasteiger partial charge in [0.15, 0.2) is 0 Å². The maximum absolute atomic E-state index is 11.7. The second-order valence-corrected chi connectivity index (χ2v) is 7.59. The van der Waals surface area contributed by atoms with Crippen molar-refractivity contribution in [3.63, 3.8) is 0 Å². The second-order valence-electron chi connectivity index (χ2n) is 7.59. The van der Waals surface area contributed by atoms with E-state index in [-0.39, 0.29) is 5.91 Å². The maximum atomic E-state index is 11.7. The van der Waals surface area contributed by atoms with E-state index in [2.05, 4.69) is 37.1 Å². The van der Waals surface area contributed by atoms with Crippen molar-refractivity contribution >= 4 is 5.91 Å². The van der Waals surface area contributed by atoms with Crippen molar-refractivity contribution in [2.45, 2.75) is 59.3 Å². The van der Waals surface area contributed by atoms with Crippen molar-refractivity contribution in [1.29, 1.82) is 0 Å². The lowest BCUT2D eigenvalue weighted by molar-refractivity contribution is -0.121. The molecule has 0 saturated carbocycles. The molecule has 1 aliphatic heterocycles. The standard InChI is InChI=1S/C20H38N2O2/c1-17(2)6-5-7-18(3)16-22-13-10-19(11-14-22)8-9-20(23)21-12-15-24-4/h6,18-19H,5,7-16H2,1-4H3,(H,21,23). The van der Waals surface area contributed by atoms with Crippen molar-refractivity contribution in [3.8, 4) is 0 Å². The molecule has 4 heteroatoms. The third-order valence-corrected chi connectivity index (χ3v) is 4.90. The van der Waals surface area contributed by atoms with Gasteiger partial charge < -0.3 is 15.0 Å². The Labute approximate surface area is 149 Å². The third kappa shape index (κ3) is 10.1. The zero-order chi connectivity index (χ0) is 17.8. The zero-order valence-electron chi connectivity index (χ0n) is 16.3. The molecule has 0 aliphatic carbocycles. The van der Waals surface area contributed by atoms with Crippen LogP contribution in [0.15, 0.2) is 11.6 Å². The first-order chi connectivity index (χ1) is 11.5. The summed E-state index contributed by atoms with van der Waals surface area (Å²) in [4.78, 5) is 14.4. The van der Waals surface area contributed by atoms with Gasteiger partial charge in [0.25, 0.3) is 0 Å². The molecule has 1 rings (SSSR count). The predicted octanol–water partition coefficient (Wildman–Crippen LogP) is 3.62. The van der Waals surface area contributed by atoms with Crippen LogP contribution in [0.25, 0.3) is 0 Å². The Morgan fingerprint density at radius 2 is 2.04 bits per heavy atom. The van der Waals surface area contributed by atoms with Crippen LogP contribution in [0.4, 0.5) is 0 Å². The van der Waals surface area contributed by atoms with E-state index >= 15 is 0 Å². The van der Waals surface area contributed by atoms with E-state index in [0.29, 0.717) is 19.6 Å². The Hall–Kier alpha value is -0.870. The average molecular weight is 339 g/mol. The molecular formula is C20H38N2O2. The van der Waals surface area contributed by atoms with Crippen LogP contribution in [0.3, 0.4) is 0 Å². The zero-order valence-corrected chi connectivity index (χ0v) is 16.3. The molecule has 1 unspecified atom stereocenters. The molecule has 0 aromatic rings. The van der Waals surface area contributed by atoms with E-state index in [1.54, 1.807) is 7.11 Å². The smallest absolute Gasteiger partial charge is 0.220 e. The second kappa shape index (κ2) is 12.5. The summed E-state index contributed by atoms with van der Waals surface area (Å²) in [6, 6.07) is 0. The van der Waals surface area contributed by atoms with E-state index in [0.717, 1.165) is 18.3 Å². The normalized spacial score (nSPS) is 17.5. The maximum Gasteiger partial charge on any atom is 0.220 e. The quantitative estimate of drug-likeness (QED) is 0.462. The van der Waals surface area contributed by atoms with Gasteiger partial charge in [-0.1, -0.05) is 18.6 Å². The minimum absolute atomic E-state index is 0.169. The number of nitrogens with one attached hydrogen (secondary N) is 1. The van der Waals surface area contributed by atoms with Crippen LogP contribution >= 0.6 is 0 Å². The summed E-state index contributed by atoms with van der Waals surface area (Å²) in [6.45, 7) is 11.6. The Morgan fingerprint density at radius 1 is 1.33 bits per heavy atom. The Balaban J connectivity index is 2.11. The van der Waals surface area contributed by atoms with Gasteiger partial charge in [-0.2, -0.15) is 0 Å². The van der Waals surface area contributed by atoms with Crippen molar-refractivity contribution in [2.75, 3.05) is 39.9 Å². The molecular weight excluding hydrogens is 300 g/mol.